The number of pyridine rings is 1. The number of piperidine rings is 1. The number of hydrogen-bond donors (Lipinski definition) is 1. The normalized spacial score (nSPS) is 21.3. The Hall–Kier alpha value is -3.13. The van der Waals surface area contributed by atoms with E-state index in [1.54, 1.807) is 22.9 Å². The Labute approximate surface area is 244 Å². The fraction of sp³-hybridized carbons (Fsp3) is 0.552. The van der Waals surface area contributed by atoms with Gasteiger partial charge < -0.3 is 9.64 Å². The Kier molecular flexibility index (Phi) is 7.37. The zero-order valence-electron chi connectivity index (χ0n) is 23.5. The van der Waals surface area contributed by atoms with Crippen LogP contribution in [0.3, 0.4) is 0 Å². The van der Waals surface area contributed by atoms with Crippen molar-refractivity contribution in [2.75, 3.05) is 57.4 Å². The van der Waals surface area contributed by atoms with Crippen LogP contribution in [0.15, 0.2) is 30.3 Å². The Morgan fingerprint density at radius 3 is 2.29 bits per heavy atom. The van der Waals surface area contributed by atoms with E-state index in [9.17, 15) is 17.6 Å². The van der Waals surface area contributed by atoms with Crippen LogP contribution in [0.5, 0.6) is 0 Å². The molecule has 1 aliphatic carbocycles. The molecule has 13 heteroatoms. The molecule has 0 unspecified atom stereocenters. The van der Waals surface area contributed by atoms with Crippen LogP contribution in [0.4, 0.5) is 10.1 Å². The molecule has 1 N–H and O–H groups in total. The number of halogens is 1. The van der Waals surface area contributed by atoms with Gasteiger partial charge in [0.2, 0.25) is 0 Å². The first kappa shape index (κ1) is 27.7. The maximum atomic E-state index is 13.8. The Balaban J connectivity index is 1.30. The van der Waals surface area contributed by atoms with Crippen molar-refractivity contribution in [2.24, 2.45) is 0 Å². The predicted octanol–water partition coefficient (Wildman–Crippen LogP) is 2.81. The fourth-order valence-corrected chi connectivity index (χ4v) is 7.60. The van der Waals surface area contributed by atoms with E-state index in [4.69, 9.17) is 14.8 Å². The number of rotatable bonds is 7. The number of carbonyl (C=O) groups is 1. The Morgan fingerprint density at radius 2 is 1.67 bits per heavy atom. The largest absolute Gasteiger partial charge is 0.379 e. The van der Waals surface area contributed by atoms with Gasteiger partial charge in [-0.05, 0) is 62.4 Å². The monoisotopic (exact) mass is 597 g/mol. The van der Waals surface area contributed by atoms with Crippen LogP contribution in [-0.2, 0) is 14.9 Å². The first-order valence-electron chi connectivity index (χ1n) is 15.0. The maximum absolute atomic E-state index is 13.8. The highest BCUT2D eigenvalue weighted by Crippen LogP contribution is 2.43. The summed E-state index contributed by atoms with van der Waals surface area (Å²) in [5, 5.41) is 5.89. The zero-order valence-corrected chi connectivity index (χ0v) is 24.4. The van der Waals surface area contributed by atoms with Gasteiger partial charge in [-0.25, -0.2) is 18.8 Å². The Morgan fingerprint density at radius 1 is 0.952 bits per heavy atom. The lowest BCUT2D eigenvalue weighted by Crippen LogP contribution is -2.50. The molecule has 3 aliphatic heterocycles. The number of benzene rings is 1. The van der Waals surface area contributed by atoms with E-state index in [1.165, 1.54) is 16.4 Å². The van der Waals surface area contributed by atoms with Gasteiger partial charge >= 0.3 is 10.2 Å². The number of nitrogens with one attached hydrogen (secondary N) is 1. The summed E-state index contributed by atoms with van der Waals surface area (Å²) in [5.74, 6) is -0.861. The quantitative estimate of drug-likeness (QED) is 0.443. The molecule has 5 heterocycles. The minimum atomic E-state index is -3.95. The lowest BCUT2D eigenvalue weighted by molar-refractivity contribution is 0.0115. The van der Waals surface area contributed by atoms with Crippen LogP contribution >= 0.6 is 0 Å². The summed E-state index contributed by atoms with van der Waals surface area (Å²) in [6.07, 6.45) is 5.87. The Bertz CT molecular complexity index is 1570. The molecule has 3 saturated heterocycles. The molecule has 0 radical (unpaired) electrons. The highest BCUT2D eigenvalue weighted by atomic mass is 32.2. The van der Waals surface area contributed by atoms with Gasteiger partial charge in [-0.2, -0.15) is 17.8 Å². The van der Waals surface area contributed by atoms with Gasteiger partial charge in [0.15, 0.2) is 5.65 Å². The van der Waals surface area contributed by atoms with E-state index < -0.39 is 16.1 Å². The van der Waals surface area contributed by atoms with Gasteiger partial charge in [-0.1, -0.05) is 6.42 Å². The van der Waals surface area contributed by atoms with Gasteiger partial charge in [0, 0.05) is 51.2 Å². The van der Waals surface area contributed by atoms with Gasteiger partial charge in [0.1, 0.15) is 11.5 Å². The van der Waals surface area contributed by atoms with E-state index in [-0.39, 0.29) is 17.4 Å². The molecule has 0 atom stereocenters. The molecule has 1 amide bonds. The van der Waals surface area contributed by atoms with Gasteiger partial charge in [0.05, 0.1) is 35.7 Å². The van der Waals surface area contributed by atoms with E-state index in [2.05, 4.69) is 14.5 Å². The molecular weight excluding hydrogens is 561 g/mol. The summed E-state index contributed by atoms with van der Waals surface area (Å²) in [6.45, 7) is 5.77. The van der Waals surface area contributed by atoms with E-state index in [1.807, 2.05) is 0 Å². The smallest absolute Gasteiger partial charge is 0.304 e. The number of anilines is 1. The van der Waals surface area contributed by atoms with Crippen LogP contribution in [0.25, 0.3) is 16.7 Å². The zero-order chi connectivity index (χ0) is 28.8. The van der Waals surface area contributed by atoms with Crippen molar-refractivity contribution < 1.29 is 22.3 Å². The third-order valence-corrected chi connectivity index (χ3v) is 10.7. The standard InChI is InChI=1S/C29H36FN7O4S/c30-21-5-7-23(8-6-21)37-28-26(27(32-37)20-3-1-4-20)25(35-13-9-22(10-14-35)34-15-17-41-18-16-34)19-24(31-28)29(38)33-42(39,40)36-11-2-12-36/h5-8,19-20,22H,1-4,9-18H2,(H,33,38). The molecule has 1 aromatic carbocycles. The lowest BCUT2D eigenvalue weighted by Gasteiger charge is -2.41. The van der Waals surface area contributed by atoms with Crippen LogP contribution in [0.1, 0.15) is 60.6 Å². The van der Waals surface area contributed by atoms with Crippen LogP contribution < -0.4 is 9.62 Å². The van der Waals surface area contributed by atoms with Crippen molar-refractivity contribution in [3.05, 3.63) is 47.5 Å². The van der Waals surface area contributed by atoms with Gasteiger partial charge in [0.25, 0.3) is 5.91 Å². The number of nitrogens with zero attached hydrogens (tertiary/aromatic N) is 6. The summed E-state index contributed by atoms with van der Waals surface area (Å²) in [6, 6.07) is 8.24. The molecule has 4 fully saturated rings. The van der Waals surface area contributed by atoms with Crippen molar-refractivity contribution >= 4 is 32.8 Å². The predicted molar refractivity (Wildman–Crippen MR) is 156 cm³/mol. The number of fused-ring (bicyclic) bond motifs is 1. The van der Waals surface area contributed by atoms with Crippen LogP contribution in [0, 0.1) is 5.82 Å². The highest BCUT2D eigenvalue weighted by molar-refractivity contribution is 7.87. The van der Waals surface area contributed by atoms with Crippen molar-refractivity contribution in [3.63, 3.8) is 0 Å². The maximum Gasteiger partial charge on any atom is 0.304 e. The summed E-state index contributed by atoms with van der Waals surface area (Å²) in [5.41, 5.74) is 2.89. The van der Waals surface area contributed by atoms with Crippen molar-refractivity contribution in [1.29, 1.82) is 0 Å². The molecule has 1 saturated carbocycles. The van der Waals surface area contributed by atoms with Crippen molar-refractivity contribution in [2.45, 2.75) is 50.5 Å². The fourth-order valence-electron chi connectivity index (χ4n) is 6.39. The molecule has 11 nitrogen and oxygen atoms in total. The average Bonchev–Trinajstić information content (AvgIpc) is 3.30. The number of ether oxygens (including phenoxy) is 1. The molecule has 4 aliphatic rings. The number of amides is 1. The van der Waals surface area contributed by atoms with Crippen molar-refractivity contribution in [1.82, 2.24) is 28.7 Å². The minimum absolute atomic E-state index is 0.0142. The molecule has 224 valence electrons. The number of aromatic nitrogens is 3. The van der Waals surface area contributed by atoms with E-state index >= 15 is 0 Å². The molecular formula is C29H36FN7O4S. The third-order valence-electron chi connectivity index (χ3n) is 9.18. The summed E-state index contributed by atoms with van der Waals surface area (Å²) in [7, 11) is -3.95. The SMILES string of the molecule is O=C(NS(=O)(=O)N1CCC1)c1cc(N2CCC(N3CCOCC3)CC2)c2c(C3CCC3)nn(-c3ccc(F)cc3)c2n1. The molecule has 3 aromatic rings. The third kappa shape index (κ3) is 5.16. The second kappa shape index (κ2) is 11.2. The van der Waals surface area contributed by atoms with Crippen molar-refractivity contribution in [3.8, 4) is 5.69 Å². The first-order chi connectivity index (χ1) is 20.4. The first-order valence-corrected chi connectivity index (χ1v) is 16.4. The summed E-state index contributed by atoms with van der Waals surface area (Å²) in [4.78, 5) is 23.0. The van der Waals surface area contributed by atoms with Crippen LogP contribution in [-0.4, -0.2) is 96.8 Å². The molecule has 2 aromatic heterocycles. The second-order valence-electron chi connectivity index (χ2n) is 11.7. The number of hydrogen-bond acceptors (Lipinski definition) is 8. The molecule has 7 rings (SSSR count). The van der Waals surface area contributed by atoms with Gasteiger partial charge in [-0.3, -0.25) is 9.69 Å². The second-order valence-corrected chi connectivity index (χ2v) is 13.4. The summed E-state index contributed by atoms with van der Waals surface area (Å²) < 4.78 is 50.1. The van der Waals surface area contributed by atoms with Crippen LogP contribution in [0.2, 0.25) is 0 Å². The molecule has 0 spiro atoms. The molecule has 42 heavy (non-hydrogen) atoms. The topological polar surface area (TPSA) is 113 Å². The summed E-state index contributed by atoms with van der Waals surface area (Å²) >= 11 is 0. The van der Waals surface area contributed by atoms with Gasteiger partial charge in [-0.15, -0.1) is 0 Å². The average molecular weight is 598 g/mol. The number of carbonyl (C=O) groups excluding carboxylic acids is 1. The number of morpholine rings is 1. The van der Waals surface area contributed by atoms with E-state index in [0.717, 1.165) is 94.7 Å². The van der Waals surface area contributed by atoms with E-state index in [0.29, 0.717) is 30.5 Å². The molecule has 0 bridgehead atoms. The minimum Gasteiger partial charge on any atom is -0.379 e. The highest BCUT2D eigenvalue weighted by Gasteiger charge is 2.34. The lowest BCUT2D eigenvalue weighted by atomic mass is 9.82.